The number of halogens is 2. The molecule has 24 valence electrons. The molecule has 4 heavy (non-hydrogen) atoms. The van der Waals surface area contributed by atoms with Crippen molar-refractivity contribution in [3.63, 3.8) is 0 Å². The molecule has 0 atom stereocenters. The van der Waals surface area contributed by atoms with Crippen molar-refractivity contribution < 1.29 is 2.92 Å². The van der Waals surface area contributed by atoms with Crippen LogP contribution in [0, 0.1) is 0 Å². The molecule has 1 nitrogen and oxygen atoms in total. The second-order valence-corrected chi connectivity index (χ2v) is 1.57. The van der Waals surface area contributed by atoms with Crippen molar-refractivity contribution in [3.05, 3.63) is 0 Å². The van der Waals surface area contributed by atoms with E-state index in [1.165, 1.54) is 0 Å². The maximum Gasteiger partial charge on any atom is 0.115 e. The van der Waals surface area contributed by atoms with Gasteiger partial charge in [-0.3, -0.25) is 0 Å². The van der Waals surface area contributed by atoms with Gasteiger partial charge in [0.2, 0.25) is 0 Å². The van der Waals surface area contributed by atoms with E-state index in [9.17, 15) is 0 Å². The van der Waals surface area contributed by atoms with E-state index in [2.05, 4.69) is 35.4 Å². The molecule has 4 radical (unpaired) electrons. The molecule has 0 aromatic carbocycles. The summed E-state index contributed by atoms with van der Waals surface area (Å²) >= 11 is 5.12. The van der Waals surface area contributed by atoms with Crippen LogP contribution in [0.15, 0.2) is 0 Å². The van der Waals surface area contributed by atoms with Gasteiger partial charge in [-0.05, 0) is 0 Å². The van der Waals surface area contributed by atoms with Gasteiger partial charge in [0, 0.05) is 23.9 Å². The molecule has 0 spiro atoms. The second kappa shape index (κ2) is 8.83. The normalized spacial score (nSPS) is 4.50. The third-order valence-corrected chi connectivity index (χ3v) is 0. The van der Waals surface area contributed by atoms with E-state index in [1.54, 1.807) is 0 Å². The zero-order valence-electron chi connectivity index (χ0n) is 1.66. The van der Waals surface area contributed by atoms with Gasteiger partial charge in [0.25, 0.3) is 0 Å². The van der Waals surface area contributed by atoms with Crippen molar-refractivity contribution in [3.8, 4) is 0 Å². The summed E-state index contributed by atoms with van der Waals surface area (Å²) < 4.78 is 3.88. The molecule has 0 aliphatic carbocycles. The van der Waals surface area contributed by atoms with E-state index < -0.39 is 0 Å². The summed E-state index contributed by atoms with van der Waals surface area (Å²) in [5, 5.41) is 0. The van der Waals surface area contributed by atoms with Crippen LogP contribution in [0.2, 0.25) is 0 Å². The SMILES string of the molecule is BrOBr.[Sn]. The van der Waals surface area contributed by atoms with E-state index >= 15 is 0 Å². The predicted molar refractivity (Wildman–Crippen MR) is 24.7 cm³/mol. The van der Waals surface area contributed by atoms with Crippen LogP contribution in [-0.2, 0) is 2.92 Å². The van der Waals surface area contributed by atoms with Gasteiger partial charge in [-0.25, -0.2) is 2.92 Å². The molecule has 0 fully saturated rings. The Hall–Kier alpha value is 1.72. The van der Waals surface area contributed by atoms with Crippen LogP contribution < -0.4 is 0 Å². The molecule has 0 bridgehead atoms. The average Bonchev–Trinajstić information content (AvgIpc) is 0.918. The zero-order chi connectivity index (χ0) is 2.71. The molecular weight excluding hydrogens is 295 g/mol. The van der Waals surface area contributed by atoms with Crippen molar-refractivity contribution in [2.24, 2.45) is 0 Å². The Morgan fingerprint density at radius 2 is 1.25 bits per heavy atom. The molecule has 0 aromatic rings. The molecule has 0 saturated carbocycles. The van der Waals surface area contributed by atoms with Gasteiger partial charge in [0.1, 0.15) is 32.5 Å². The van der Waals surface area contributed by atoms with Crippen LogP contribution in [0.25, 0.3) is 0 Å². The predicted octanol–water partition coefficient (Wildman–Crippen LogP) is 1.24. The van der Waals surface area contributed by atoms with E-state index in [1.807, 2.05) is 0 Å². The summed E-state index contributed by atoms with van der Waals surface area (Å²) in [6.45, 7) is 0. The third-order valence-electron chi connectivity index (χ3n) is 0. The number of rotatable bonds is 0. The number of hydrogen-bond donors (Lipinski definition) is 0. The van der Waals surface area contributed by atoms with Crippen LogP contribution >= 0.6 is 32.5 Å². The first-order chi connectivity index (χ1) is 1.41. The minimum Gasteiger partial charge on any atom is -0.230 e. The molecular formula is Br2OSn. The van der Waals surface area contributed by atoms with Gasteiger partial charge in [0.05, 0.1) is 0 Å². The quantitative estimate of drug-likeness (QED) is 0.611. The molecule has 0 rings (SSSR count). The Kier molecular flexibility index (Phi) is 20.3. The Balaban J connectivity index is 0. The molecule has 0 amide bonds. The van der Waals surface area contributed by atoms with Crippen LogP contribution in [0.4, 0.5) is 0 Å². The first-order valence-corrected chi connectivity index (χ1v) is 1.60. The monoisotopic (exact) mass is 294 g/mol. The van der Waals surface area contributed by atoms with Crippen molar-refractivity contribution in [2.45, 2.75) is 0 Å². The van der Waals surface area contributed by atoms with Crippen molar-refractivity contribution in [2.75, 3.05) is 0 Å². The van der Waals surface area contributed by atoms with E-state index in [-0.39, 0.29) is 23.9 Å². The van der Waals surface area contributed by atoms with Crippen LogP contribution in [-0.4, -0.2) is 23.9 Å². The molecule has 0 heterocycles. The summed E-state index contributed by atoms with van der Waals surface area (Å²) in [7, 11) is 0. The van der Waals surface area contributed by atoms with Crippen LogP contribution in [0.5, 0.6) is 0 Å². The summed E-state index contributed by atoms with van der Waals surface area (Å²) in [4.78, 5) is 0. The van der Waals surface area contributed by atoms with E-state index in [0.29, 0.717) is 0 Å². The molecule has 0 saturated heterocycles. The van der Waals surface area contributed by atoms with Crippen molar-refractivity contribution in [1.29, 1.82) is 0 Å². The summed E-state index contributed by atoms with van der Waals surface area (Å²) in [5.74, 6) is 0. The summed E-state index contributed by atoms with van der Waals surface area (Å²) in [5.41, 5.74) is 0. The minimum absolute atomic E-state index is 0. The average molecular weight is 295 g/mol. The molecule has 0 unspecified atom stereocenters. The largest absolute Gasteiger partial charge is 0.230 e. The Morgan fingerprint density at radius 1 is 1.25 bits per heavy atom. The second-order valence-electron chi connectivity index (χ2n) is 0.0583. The van der Waals surface area contributed by atoms with Gasteiger partial charge >= 0.3 is 0 Å². The fourth-order valence-corrected chi connectivity index (χ4v) is 0. The van der Waals surface area contributed by atoms with Gasteiger partial charge in [-0.2, -0.15) is 0 Å². The molecule has 0 aromatic heterocycles. The number of hydrogen-bond acceptors (Lipinski definition) is 1. The first-order valence-electron chi connectivity index (χ1n) is 0.309. The van der Waals surface area contributed by atoms with E-state index in [0.717, 1.165) is 0 Å². The van der Waals surface area contributed by atoms with Crippen LogP contribution in [0.3, 0.4) is 0 Å². The van der Waals surface area contributed by atoms with Gasteiger partial charge < -0.3 is 0 Å². The van der Waals surface area contributed by atoms with Crippen molar-refractivity contribution in [1.82, 2.24) is 0 Å². The maximum absolute atomic E-state index is 3.88. The molecule has 4 heteroatoms. The minimum atomic E-state index is 0. The third kappa shape index (κ3) is 9.30. The molecule has 0 aliphatic rings. The van der Waals surface area contributed by atoms with Gasteiger partial charge in [-0.15, -0.1) is 0 Å². The maximum atomic E-state index is 3.88. The Labute approximate surface area is 59.0 Å². The zero-order valence-corrected chi connectivity index (χ0v) is 7.69. The smallest absolute Gasteiger partial charge is 0.115 e. The molecule has 0 aliphatic heterocycles. The first kappa shape index (κ1) is 9.21. The van der Waals surface area contributed by atoms with Gasteiger partial charge in [0.15, 0.2) is 0 Å². The fourth-order valence-electron chi connectivity index (χ4n) is 0. The summed E-state index contributed by atoms with van der Waals surface area (Å²) in [6.07, 6.45) is 0. The van der Waals surface area contributed by atoms with Gasteiger partial charge in [-0.1, -0.05) is 0 Å². The van der Waals surface area contributed by atoms with Crippen molar-refractivity contribution >= 4 is 56.4 Å². The topological polar surface area (TPSA) is 9.23 Å². The molecule has 0 N–H and O–H groups in total. The van der Waals surface area contributed by atoms with E-state index in [4.69, 9.17) is 0 Å². The fraction of sp³-hybridized carbons (Fsp3) is 0. The standard InChI is InChI=1S/Br2O.Sn/c1-3-2;. The van der Waals surface area contributed by atoms with Crippen LogP contribution in [0.1, 0.15) is 0 Å². The Bertz CT molecular complexity index is 6.00. The Morgan fingerprint density at radius 3 is 1.25 bits per heavy atom. The summed E-state index contributed by atoms with van der Waals surface area (Å²) in [6, 6.07) is 0.